The van der Waals surface area contributed by atoms with Crippen molar-refractivity contribution in [2.45, 2.75) is 58.8 Å². The van der Waals surface area contributed by atoms with E-state index in [0.29, 0.717) is 29.7 Å². The molecule has 1 aromatic carbocycles. The number of aryl methyl sites for hydroxylation is 2. The number of benzene rings is 1. The molecule has 0 unspecified atom stereocenters. The molecular weight excluding hydrogens is 426 g/mol. The van der Waals surface area contributed by atoms with Gasteiger partial charge in [-0.3, -0.25) is 9.36 Å². The smallest absolute Gasteiger partial charge is 0.224 e. The molecule has 7 heteroatoms. The quantitative estimate of drug-likeness (QED) is 0.520. The van der Waals surface area contributed by atoms with Crippen molar-refractivity contribution in [1.82, 2.24) is 19.5 Å². The molecule has 4 fully saturated rings. The molecule has 0 spiro atoms. The number of hydrogen-bond donors (Lipinski definition) is 1. The minimum atomic E-state index is 0.141. The number of carbonyl (C=O) groups is 1. The Morgan fingerprint density at radius 1 is 1.06 bits per heavy atom. The van der Waals surface area contributed by atoms with Crippen LogP contribution < -0.4 is 10.1 Å². The van der Waals surface area contributed by atoms with Gasteiger partial charge in [0.25, 0.3) is 0 Å². The van der Waals surface area contributed by atoms with Gasteiger partial charge in [0.15, 0.2) is 0 Å². The third kappa shape index (κ3) is 4.19. The summed E-state index contributed by atoms with van der Waals surface area (Å²) in [4.78, 5) is 26.1. The Kier molecular flexibility index (Phi) is 5.15. The van der Waals surface area contributed by atoms with Crippen LogP contribution in [0.1, 0.15) is 56.6 Å². The molecule has 0 radical (unpaired) electrons. The van der Waals surface area contributed by atoms with Crippen molar-refractivity contribution in [3.8, 4) is 17.4 Å². The summed E-state index contributed by atoms with van der Waals surface area (Å²) in [6, 6.07) is 9.30. The van der Waals surface area contributed by atoms with E-state index in [1.165, 1.54) is 38.5 Å². The second kappa shape index (κ2) is 8.22. The molecule has 1 N–H and O–H groups in total. The molecule has 7 rings (SSSR count). The number of carbonyl (C=O) groups excluding carboxylic acids is 1. The molecule has 7 nitrogen and oxygen atoms in total. The Labute approximate surface area is 200 Å². The van der Waals surface area contributed by atoms with Crippen LogP contribution in [0.3, 0.4) is 0 Å². The van der Waals surface area contributed by atoms with E-state index in [4.69, 9.17) is 4.74 Å². The van der Waals surface area contributed by atoms with Crippen LogP contribution in [0.25, 0.3) is 5.82 Å². The lowest BCUT2D eigenvalue weighted by atomic mass is 9.49. The highest BCUT2D eigenvalue weighted by atomic mass is 16.5. The van der Waals surface area contributed by atoms with Gasteiger partial charge in [-0.2, -0.15) is 4.98 Å². The molecule has 3 aromatic rings. The molecule has 4 saturated carbocycles. The van der Waals surface area contributed by atoms with Gasteiger partial charge in [0.2, 0.25) is 11.8 Å². The maximum Gasteiger partial charge on any atom is 0.224 e. The first-order valence-corrected chi connectivity index (χ1v) is 12.4. The van der Waals surface area contributed by atoms with Crippen molar-refractivity contribution in [3.63, 3.8) is 0 Å². The van der Waals surface area contributed by atoms with Crippen molar-refractivity contribution in [3.05, 3.63) is 54.4 Å². The number of anilines is 1. The van der Waals surface area contributed by atoms with Gasteiger partial charge in [-0.25, -0.2) is 9.97 Å². The summed E-state index contributed by atoms with van der Waals surface area (Å²) >= 11 is 0. The summed E-state index contributed by atoms with van der Waals surface area (Å²) < 4.78 is 7.88. The highest BCUT2D eigenvalue weighted by Crippen LogP contribution is 2.61. The number of aromatic nitrogens is 4. The van der Waals surface area contributed by atoms with Crippen molar-refractivity contribution in [2.75, 3.05) is 5.32 Å². The van der Waals surface area contributed by atoms with Gasteiger partial charge in [-0.05, 0) is 99.8 Å². The topological polar surface area (TPSA) is 81.9 Å². The average Bonchev–Trinajstić information content (AvgIpc) is 3.19. The van der Waals surface area contributed by atoms with Gasteiger partial charge in [0.05, 0.1) is 0 Å². The highest BCUT2D eigenvalue weighted by molar-refractivity contribution is 5.91. The van der Waals surface area contributed by atoms with Crippen molar-refractivity contribution in [1.29, 1.82) is 0 Å². The van der Waals surface area contributed by atoms with E-state index in [1.54, 1.807) is 12.3 Å². The summed E-state index contributed by atoms with van der Waals surface area (Å²) in [5.41, 5.74) is 1.05. The molecule has 0 aliphatic heterocycles. The van der Waals surface area contributed by atoms with Crippen LogP contribution in [0.2, 0.25) is 0 Å². The van der Waals surface area contributed by atoms with E-state index < -0.39 is 0 Å². The van der Waals surface area contributed by atoms with Crippen LogP contribution in [0, 0.1) is 37.0 Å². The monoisotopic (exact) mass is 457 g/mol. The van der Waals surface area contributed by atoms with E-state index in [9.17, 15) is 4.79 Å². The summed E-state index contributed by atoms with van der Waals surface area (Å²) in [7, 11) is 0. The molecule has 176 valence electrons. The van der Waals surface area contributed by atoms with Gasteiger partial charge in [0, 0.05) is 30.6 Å². The normalized spacial score (nSPS) is 27.1. The lowest BCUT2D eigenvalue weighted by Gasteiger charge is -2.56. The molecule has 34 heavy (non-hydrogen) atoms. The summed E-state index contributed by atoms with van der Waals surface area (Å²) in [6.07, 6.45) is 12.2. The van der Waals surface area contributed by atoms with Crippen molar-refractivity contribution >= 4 is 11.6 Å². The standard InChI is InChI=1S/C27H31N5O2/c1-17-29-24(32-8-7-28-18(32)2)12-26(30-17)34-23-5-3-22(4-6-23)31-25(33)16-27-13-19-9-20(14-27)11-21(10-19)15-27/h3-8,12,19-21H,9-11,13-16H2,1-2H3,(H,31,33). The summed E-state index contributed by atoms with van der Waals surface area (Å²) in [6.45, 7) is 3.76. The molecule has 0 saturated heterocycles. The zero-order valence-electron chi connectivity index (χ0n) is 19.8. The first-order valence-electron chi connectivity index (χ1n) is 12.4. The third-order valence-electron chi connectivity index (χ3n) is 7.93. The second-order valence-electron chi connectivity index (χ2n) is 10.7. The Morgan fingerprint density at radius 2 is 1.74 bits per heavy atom. The van der Waals surface area contributed by atoms with Gasteiger partial charge in [0.1, 0.15) is 23.2 Å². The number of ether oxygens (including phenoxy) is 1. The van der Waals surface area contributed by atoms with Crippen LogP contribution in [0.5, 0.6) is 11.6 Å². The molecule has 2 aromatic heterocycles. The predicted octanol–water partition coefficient (Wildman–Crippen LogP) is 5.62. The van der Waals surface area contributed by atoms with Crippen LogP contribution in [-0.4, -0.2) is 25.4 Å². The first-order chi connectivity index (χ1) is 16.4. The fourth-order valence-corrected chi connectivity index (χ4v) is 7.10. The zero-order valence-corrected chi connectivity index (χ0v) is 19.8. The lowest BCUT2D eigenvalue weighted by Crippen LogP contribution is -2.47. The lowest BCUT2D eigenvalue weighted by molar-refractivity contribution is -0.124. The Morgan fingerprint density at radius 3 is 2.35 bits per heavy atom. The minimum absolute atomic E-state index is 0.141. The van der Waals surface area contributed by atoms with Crippen LogP contribution >= 0.6 is 0 Å². The Bertz CT molecular complexity index is 1180. The van der Waals surface area contributed by atoms with E-state index in [1.807, 2.05) is 48.9 Å². The molecule has 2 heterocycles. The van der Waals surface area contributed by atoms with Crippen molar-refractivity contribution < 1.29 is 9.53 Å². The van der Waals surface area contributed by atoms with Crippen molar-refractivity contribution in [2.24, 2.45) is 23.2 Å². The van der Waals surface area contributed by atoms with Gasteiger partial charge in [-0.1, -0.05) is 0 Å². The fourth-order valence-electron chi connectivity index (χ4n) is 7.10. The number of rotatable bonds is 6. The number of nitrogens with zero attached hydrogens (tertiary/aromatic N) is 4. The molecule has 1 amide bonds. The van der Waals surface area contributed by atoms with Gasteiger partial charge in [-0.15, -0.1) is 0 Å². The number of imidazole rings is 1. The fraction of sp³-hybridized carbons (Fsp3) is 0.481. The summed E-state index contributed by atoms with van der Waals surface area (Å²) in [5.74, 6) is 6.03. The molecule has 4 aliphatic carbocycles. The second-order valence-corrected chi connectivity index (χ2v) is 10.7. The third-order valence-corrected chi connectivity index (χ3v) is 7.93. The number of hydrogen-bond acceptors (Lipinski definition) is 5. The van der Waals surface area contributed by atoms with Crippen LogP contribution in [0.4, 0.5) is 5.69 Å². The van der Waals surface area contributed by atoms with E-state index in [0.717, 1.165) is 29.3 Å². The van der Waals surface area contributed by atoms with E-state index in [-0.39, 0.29) is 11.3 Å². The average molecular weight is 458 g/mol. The highest BCUT2D eigenvalue weighted by Gasteiger charge is 2.51. The van der Waals surface area contributed by atoms with Crippen LogP contribution in [0.15, 0.2) is 42.7 Å². The number of nitrogens with one attached hydrogen (secondary N) is 1. The summed E-state index contributed by atoms with van der Waals surface area (Å²) in [5, 5.41) is 3.12. The predicted molar refractivity (Wildman–Crippen MR) is 129 cm³/mol. The van der Waals surface area contributed by atoms with E-state index >= 15 is 0 Å². The Balaban J connectivity index is 1.10. The van der Waals surface area contributed by atoms with Crippen LogP contribution in [-0.2, 0) is 4.79 Å². The van der Waals surface area contributed by atoms with Gasteiger partial charge < -0.3 is 10.1 Å². The maximum absolute atomic E-state index is 12.9. The first kappa shape index (κ1) is 21.3. The molecule has 0 atom stereocenters. The molecular formula is C27H31N5O2. The maximum atomic E-state index is 12.9. The molecule has 4 bridgehead atoms. The SMILES string of the molecule is Cc1nc(Oc2ccc(NC(=O)CC34CC5CC(CC(C5)C3)C4)cc2)cc(-n2ccnc2C)n1. The van der Waals surface area contributed by atoms with Gasteiger partial charge >= 0.3 is 0 Å². The number of amides is 1. The molecule has 4 aliphatic rings. The van der Waals surface area contributed by atoms with E-state index in [2.05, 4.69) is 20.3 Å². The zero-order chi connectivity index (χ0) is 23.3. The minimum Gasteiger partial charge on any atom is -0.439 e. The largest absolute Gasteiger partial charge is 0.439 e. The Hall–Kier alpha value is -3.22.